The first kappa shape index (κ1) is 4.91. The van der Waals surface area contributed by atoms with E-state index in [2.05, 4.69) is 26.2 Å². The summed E-state index contributed by atoms with van der Waals surface area (Å²) in [5, 5.41) is 2.12. The van der Waals surface area contributed by atoms with Gasteiger partial charge in [0, 0.05) is 0 Å². The maximum atomic E-state index is 2.14. The topological polar surface area (TPSA) is 0 Å². The summed E-state index contributed by atoms with van der Waals surface area (Å²) >= 11 is 1.80. The molecule has 0 aromatic carbocycles. The predicted molar refractivity (Wildman–Crippen MR) is 37.2 cm³/mol. The van der Waals surface area contributed by atoms with Gasteiger partial charge in [0.2, 0.25) is 0 Å². The summed E-state index contributed by atoms with van der Waals surface area (Å²) in [4.78, 5) is 1.43. The van der Waals surface area contributed by atoms with Gasteiger partial charge in [-0.05, 0) is 17.2 Å². The second-order valence-electron chi connectivity index (χ2n) is 1.66. The standard InChI is InChI=1S/C5H7BS/c1-4-5(6)2-3-7-4/h2-3H,6H2,1H3. The van der Waals surface area contributed by atoms with Gasteiger partial charge in [-0.1, -0.05) is 11.5 Å². The second kappa shape index (κ2) is 1.70. The van der Waals surface area contributed by atoms with Crippen LogP contribution in [0.15, 0.2) is 11.4 Å². The lowest BCUT2D eigenvalue weighted by molar-refractivity contribution is 1.69. The highest BCUT2D eigenvalue weighted by Gasteiger charge is 1.87. The van der Waals surface area contributed by atoms with Crippen LogP contribution in [0, 0.1) is 6.92 Å². The van der Waals surface area contributed by atoms with Crippen LogP contribution in [-0.2, 0) is 0 Å². The molecule has 0 nitrogen and oxygen atoms in total. The molecule has 0 amide bonds. The maximum absolute atomic E-state index is 2.14. The van der Waals surface area contributed by atoms with E-state index in [0.717, 1.165) is 0 Å². The molecule has 1 rings (SSSR count). The van der Waals surface area contributed by atoms with Gasteiger partial charge in [-0.2, -0.15) is 0 Å². The lowest BCUT2D eigenvalue weighted by Crippen LogP contribution is -1.98. The summed E-state index contributed by atoms with van der Waals surface area (Å²) in [6.07, 6.45) is 0. The van der Waals surface area contributed by atoms with Gasteiger partial charge in [-0.15, -0.1) is 11.3 Å². The molecule has 0 bridgehead atoms. The van der Waals surface area contributed by atoms with E-state index < -0.39 is 0 Å². The van der Waals surface area contributed by atoms with E-state index in [0.29, 0.717) is 0 Å². The van der Waals surface area contributed by atoms with Gasteiger partial charge < -0.3 is 0 Å². The molecule has 1 aromatic rings. The average Bonchev–Trinajstić information content (AvgIpc) is 1.91. The van der Waals surface area contributed by atoms with Crippen LogP contribution >= 0.6 is 11.3 Å². The van der Waals surface area contributed by atoms with Crippen molar-refractivity contribution in [3.05, 3.63) is 16.3 Å². The molecule has 0 saturated heterocycles. The summed E-state index contributed by atoms with van der Waals surface area (Å²) in [7, 11) is 2.13. The Kier molecular flexibility index (Phi) is 1.20. The molecule has 0 fully saturated rings. The highest BCUT2D eigenvalue weighted by Crippen LogP contribution is 2.00. The summed E-state index contributed by atoms with van der Waals surface area (Å²) in [5.74, 6) is 0. The van der Waals surface area contributed by atoms with Crippen LogP contribution in [0.25, 0.3) is 0 Å². The second-order valence-corrected chi connectivity index (χ2v) is 2.78. The molecular weight excluding hydrogens is 103 g/mol. The third-order valence-electron chi connectivity index (χ3n) is 1.12. The maximum Gasteiger partial charge on any atom is 0.140 e. The molecule has 0 aliphatic carbocycles. The molecule has 36 valence electrons. The zero-order valence-electron chi connectivity index (χ0n) is 4.56. The van der Waals surface area contributed by atoms with Crippen LogP contribution in [0.2, 0.25) is 0 Å². The SMILES string of the molecule is Bc1ccsc1C. The highest BCUT2D eigenvalue weighted by atomic mass is 32.1. The first-order valence-corrected chi connectivity index (χ1v) is 3.19. The molecular formula is C5H7BS. The van der Waals surface area contributed by atoms with Crippen molar-refractivity contribution in [1.29, 1.82) is 0 Å². The normalized spacial score (nSPS) is 9.29. The van der Waals surface area contributed by atoms with Gasteiger partial charge in [-0.3, -0.25) is 0 Å². The van der Waals surface area contributed by atoms with Crippen LogP contribution in [-0.4, -0.2) is 7.85 Å². The van der Waals surface area contributed by atoms with E-state index in [-0.39, 0.29) is 0 Å². The van der Waals surface area contributed by atoms with Crippen molar-refractivity contribution in [1.82, 2.24) is 0 Å². The van der Waals surface area contributed by atoms with Gasteiger partial charge in [0.25, 0.3) is 0 Å². The Morgan fingerprint density at radius 1 is 1.71 bits per heavy atom. The van der Waals surface area contributed by atoms with Crippen molar-refractivity contribution in [3.8, 4) is 0 Å². The Morgan fingerprint density at radius 2 is 2.43 bits per heavy atom. The number of hydrogen-bond acceptors (Lipinski definition) is 1. The molecule has 7 heavy (non-hydrogen) atoms. The van der Waals surface area contributed by atoms with E-state index in [1.54, 1.807) is 11.3 Å². The van der Waals surface area contributed by atoms with Crippen molar-refractivity contribution in [2.45, 2.75) is 6.92 Å². The zero-order chi connectivity index (χ0) is 5.28. The average molecular weight is 110 g/mol. The minimum Gasteiger partial charge on any atom is -0.150 e. The minimum absolute atomic E-state index is 1.41. The third-order valence-corrected chi connectivity index (χ3v) is 2.07. The molecule has 0 unspecified atom stereocenters. The summed E-state index contributed by atoms with van der Waals surface area (Å²) in [5.41, 5.74) is 1.41. The van der Waals surface area contributed by atoms with Crippen molar-refractivity contribution in [3.63, 3.8) is 0 Å². The van der Waals surface area contributed by atoms with Crippen molar-refractivity contribution >= 4 is 24.6 Å². The summed E-state index contributed by atoms with van der Waals surface area (Å²) < 4.78 is 0. The van der Waals surface area contributed by atoms with E-state index in [1.165, 1.54) is 10.3 Å². The molecule has 1 heterocycles. The van der Waals surface area contributed by atoms with Crippen LogP contribution < -0.4 is 5.46 Å². The quantitative estimate of drug-likeness (QED) is 0.422. The van der Waals surface area contributed by atoms with Crippen molar-refractivity contribution in [2.75, 3.05) is 0 Å². The lowest BCUT2D eigenvalue weighted by atomic mass is 9.98. The third kappa shape index (κ3) is 0.857. The van der Waals surface area contributed by atoms with Crippen LogP contribution in [0.1, 0.15) is 4.88 Å². The molecule has 1 aromatic heterocycles. The Balaban J connectivity index is 3.12. The van der Waals surface area contributed by atoms with E-state index >= 15 is 0 Å². The molecule has 0 spiro atoms. The molecule has 0 aliphatic rings. The molecule has 2 heteroatoms. The fourth-order valence-corrected chi connectivity index (χ4v) is 1.18. The van der Waals surface area contributed by atoms with Gasteiger partial charge in [0.1, 0.15) is 7.85 Å². The van der Waals surface area contributed by atoms with E-state index in [1.807, 2.05) is 0 Å². The molecule has 0 atom stereocenters. The van der Waals surface area contributed by atoms with Crippen LogP contribution in [0.3, 0.4) is 0 Å². The lowest BCUT2D eigenvalue weighted by Gasteiger charge is -1.79. The largest absolute Gasteiger partial charge is 0.150 e. The first-order valence-electron chi connectivity index (χ1n) is 2.31. The van der Waals surface area contributed by atoms with Crippen LogP contribution in [0.4, 0.5) is 0 Å². The molecule has 0 radical (unpaired) electrons. The highest BCUT2D eigenvalue weighted by molar-refractivity contribution is 7.10. The number of thiophene rings is 1. The molecule has 0 N–H and O–H groups in total. The fraction of sp³-hybridized carbons (Fsp3) is 0.200. The number of hydrogen-bond donors (Lipinski definition) is 0. The molecule has 0 aliphatic heterocycles. The zero-order valence-corrected chi connectivity index (χ0v) is 5.38. The van der Waals surface area contributed by atoms with Gasteiger partial charge in [0.05, 0.1) is 0 Å². The van der Waals surface area contributed by atoms with Gasteiger partial charge in [-0.25, -0.2) is 0 Å². The van der Waals surface area contributed by atoms with Gasteiger partial charge in [0.15, 0.2) is 0 Å². The Bertz CT molecular complexity index is 140. The van der Waals surface area contributed by atoms with Crippen molar-refractivity contribution in [2.24, 2.45) is 0 Å². The minimum atomic E-state index is 1.41. The Hall–Kier alpha value is -0.235. The Morgan fingerprint density at radius 3 is 2.57 bits per heavy atom. The fourth-order valence-electron chi connectivity index (χ4n) is 0.448. The van der Waals surface area contributed by atoms with Gasteiger partial charge >= 0.3 is 0 Å². The number of aryl methyl sites for hydroxylation is 1. The van der Waals surface area contributed by atoms with Crippen molar-refractivity contribution < 1.29 is 0 Å². The number of rotatable bonds is 0. The Labute approximate surface area is 48.6 Å². The molecule has 0 saturated carbocycles. The first-order chi connectivity index (χ1) is 3.30. The van der Waals surface area contributed by atoms with Crippen LogP contribution in [0.5, 0.6) is 0 Å². The smallest absolute Gasteiger partial charge is 0.140 e. The predicted octanol–water partition coefficient (Wildman–Crippen LogP) is 0.315. The summed E-state index contributed by atoms with van der Waals surface area (Å²) in [6.45, 7) is 2.14. The van der Waals surface area contributed by atoms with E-state index in [9.17, 15) is 0 Å². The monoisotopic (exact) mass is 110 g/mol. The van der Waals surface area contributed by atoms with E-state index in [4.69, 9.17) is 0 Å². The summed E-state index contributed by atoms with van der Waals surface area (Å²) in [6, 6.07) is 2.14.